The molecule has 0 aliphatic rings. The largest absolute Gasteiger partial charge is 0.494 e. The normalized spacial score (nSPS) is 12.3. The van der Waals surface area contributed by atoms with E-state index < -0.39 is 46.7 Å². The zero-order chi connectivity index (χ0) is 18.5. The number of nitro benzene ring substituents is 1. The Balaban J connectivity index is 3.13. The van der Waals surface area contributed by atoms with Gasteiger partial charge in [-0.3, -0.25) is 14.9 Å². The fourth-order valence-corrected chi connectivity index (χ4v) is 1.78. The fourth-order valence-electron chi connectivity index (χ4n) is 1.78. The molecule has 0 spiro atoms. The van der Waals surface area contributed by atoms with Gasteiger partial charge in [-0.15, -0.1) is 0 Å². The van der Waals surface area contributed by atoms with Crippen molar-refractivity contribution in [3.05, 3.63) is 33.9 Å². The Hall–Kier alpha value is -2.85. The van der Waals surface area contributed by atoms with Gasteiger partial charge < -0.3 is 15.2 Å². The van der Waals surface area contributed by atoms with Crippen molar-refractivity contribution >= 4 is 17.6 Å². The van der Waals surface area contributed by atoms with E-state index in [1.54, 1.807) is 12.2 Å². The summed E-state index contributed by atoms with van der Waals surface area (Å²) >= 11 is 0. The number of carboxylic acids is 1. The summed E-state index contributed by atoms with van der Waals surface area (Å²) in [6.07, 6.45) is -6.65. The number of benzene rings is 1. The van der Waals surface area contributed by atoms with Crippen LogP contribution in [0.2, 0.25) is 0 Å². The van der Waals surface area contributed by atoms with Crippen LogP contribution in [0.25, 0.3) is 0 Å². The molecule has 0 aliphatic carbocycles. The second kappa shape index (κ2) is 7.62. The van der Waals surface area contributed by atoms with Crippen molar-refractivity contribution in [2.24, 2.45) is 0 Å². The number of rotatable bonds is 7. The quantitative estimate of drug-likeness (QED) is 0.574. The molecule has 0 radical (unpaired) electrons. The minimum atomic E-state index is -4.84. The molecule has 0 fully saturated rings. The number of halogens is 3. The highest BCUT2D eigenvalue weighted by atomic mass is 19.4. The molecule has 1 aromatic carbocycles. The number of nitro groups is 1. The number of carboxylic acid groups (broad SMARTS) is 1. The molecule has 1 unspecified atom stereocenters. The van der Waals surface area contributed by atoms with E-state index in [0.717, 1.165) is 12.1 Å². The van der Waals surface area contributed by atoms with Crippen LogP contribution in [0.15, 0.2) is 18.2 Å². The Bertz CT molecular complexity index is 647. The number of carbonyl (C=O) groups is 2. The van der Waals surface area contributed by atoms with Crippen LogP contribution < -0.4 is 10.1 Å². The summed E-state index contributed by atoms with van der Waals surface area (Å²) in [4.78, 5) is 32.9. The molecule has 1 rings (SSSR count). The molecular formula is C13H13F3N2O6. The Morgan fingerprint density at radius 2 is 2.04 bits per heavy atom. The van der Waals surface area contributed by atoms with Gasteiger partial charge in [-0.05, 0) is 19.1 Å². The lowest BCUT2D eigenvalue weighted by atomic mass is 10.1. The van der Waals surface area contributed by atoms with Gasteiger partial charge in [-0.2, -0.15) is 13.2 Å². The minimum absolute atomic E-state index is 0.0796. The first-order valence-electron chi connectivity index (χ1n) is 6.56. The number of ether oxygens (including phenoxy) is 1. The van der Waals surface area contributed by atoms with Crippen molar-refractivity contribution in [2.45, 2.75) is 25.6 Å². The summed E-state index contributed by atoms with van der Waals surface area (Å²) in [6.45, 7) is 1.80. The van der Waals surface area contributed by atoms with Gasteiger partial charge in [0.15, 0.2) is 0 Å². The second-order valence-electron chi connectivity index (χ2n) is 4.55. The maximum Gasteiger partial charge on any atom is 0.391 e. The van der Waals surface area contributed by atoms with Crippen LogP contribution in [-0.2, 0) is 4.79 Å². The van der Waals surface area contributed by atoms with Crippen LogP contribution in [0.5, 0.6) is 5.75 Å². The van der Waals surface area contributed by atoms with Crippen molar-refractivity contribution in [3.63, 3.8) is 0 Å². The molecule has 11 heteroatoms. The van der Waals surface area contributed by atoms with Gasteiger partial charge >= 0.3 is 12.1 Å². The third-order valence-corrected chi connectivity index (χ3v) is 2.76. The van der Waals surface area contributed by atoms with Crippen LogP contribution >= 0.6 is 0 Å². The van der Waals surface area contributed by atoms with E-state index in [4.69, 9.17) is 9.84 Å². The molecule has 1 atom stereocenters. The Morgan fingerprint density at radius 1 is 1.42 bits per heavy atom. The van der Waals surface area contributed by atoms with Crippen molar-refractivity contribution < 1.29 is 37.5 Å². The van der Waals surface area contributed by atoms with Crippen molar-refractivity contribution in [1.29, 1.82) is 0 Å². The van der Waals surface area contributed by atoms with Gasteiger partial charge in [0, 0.05) is 6.07 Å². The highest BCUT2D eigenvalue weighted by molar-refractivity contribution is 6.00. The summed E-state index contributed by atoms with van der Waals surface area (Å²) < 4.78 is 42.1. The number of nitrogens with zero attached hydrogens (tertiary/aromatic N) is 1. The van der Waals surface area contributed by atoms with Gasteiger partial charge in [0.2, 0.25) is 0 Å². The molecule has 24 heavy (non-hydrogen) atoms. The number of alkyl halides is 3. The molecule has 0 saturated carbocycles. The highest BCUT2D eigenvalue weighted by Gasteiger charge is 2.37. The summed E-state index contributed by atoms with van der Waals surface area (Å²) in [6, 6.07) is 0.846. The van der Waals surface area contributed by atoms with Gasteiger partial charge in [-0.1, -0.05) is 0 Å². The molecule has 0 heterocycles. The van der Waals surface area contributed by atoms with E-state index in [1.807, 2.05) is 0 Å². The Morgan fingerprint density at radius 3 is 2.50 bits per heavy atom. The van der Waals surface area contributed by atoms with E-state index in [9.17, 15) is 32.9 Å². The van der Waals surface area contributed by atoms with E-state index in [1.165, 1.54) is 6.07 Å². The lowest BCUT2D eigenvalue weighted by Gasteiger charge is -2.16. The predicted molar refractivity (Wildman–Crippen MR) is 73.8 cm³/mol. The number of hydrogen-bond donors (Lipinski definition) is 2. The third kappa shape index (κ3) is 5.41. The number of amides is 1. The lowest BCUT2D eigenvalue weighted by Crippen LogP contribution is -2.43. The molecule has 132 valence electrons. The van der Waals surface area contributed by atoms with Gasteiger partial charge in [0.05, 0.1) is 18.0 Å². The Kier molecular flexibility index (Phi) is 6.09. The molecule has 2 N–H and O–H groups in total. The van der Waals surface area contributed by atoms with E-state index in [2.05, 4.69) is 0 Å². The molecule has 1 amide bonds. The number of carbonyl (C=O) groups excluding carboxylic acids is 1. The van der Waals surface area contributed by atoms with Gasteiger partial charge in [0.25, 0.3) is 11.6 Å². The van der Waals surface area contributed by atoms with Gasteiger partial charge in [0.1, 0.15) is 17.4 Å². The summed E-state index contributed by atoms with van der Waals surface area (Å²) in [5, 5.41) is 21.3. The molecular weight excluding hydrogens is 337 g/mol. The SMILES string of the molecule is CCOc1ccc([N+](=O)[O-])c(C(=O)NC(CC(F)(F)F)C(=O)O)c1. The maximum absolute atomic E-state index is 12.3. The van der Waals surface area contributed by atoms with Crippen LogP contribution in [0.1, 0.15) is 23.7 Å². The first-order chi connectivity index (χ1) is 11.0. The summed E-state index contributed by atoms with van der Waals surface area (Å²) in [7, 11) is 0. The molecule has 1 aromatic rings. The van der Waals surface area contributed by atoms with E-state index in [-0.39, 0.29) is 12.4 Å². The standard InChI is InChI=1S/C13H13F3N2O6/c1-2-24-7-3-4-10(18(22)23)8(5-7)11(19)17-9(12(20)21)6-13(14,15)16/h3-5,9H,2,6H2,1H3,(H,17,19)(H,20,21). The smallest absolute Gasteiger partial charge is 0.391 e. The molecule has 0 aliphatic heterocycles. The van der Waals surface area contributed by atoms with Crippen molar-refractivity contribution in [2.75, 3.05) is 6.61 Å². The highest BCUT2D eigenvalue weighted by Crippen LogP contribution is 2.25. The van der Waals surface area contributed by atoms with Gasteiger partial charge in [-0.25, -0.2) is 4.79 Å². The summed E-state index contributed by atoms with van der Waals surface area (Å²) in [5.74, 6) is -3.15. The number of nitrogens with one attached hydrogen (secondary N) is 1. The zero-order valence-electron chi connectivity index (χ0n) is 12.3. The first-order valence-corrected chi connectivity index (χ1v) is 6.56. The van der Waals surface area contributed by atoms with Crippen LogP contribution in [0.3, 0.4) is 0 Å². The second-order valence-corrected chi connectivity index (χ2v) is 4.55. The zero-order valence-corrected chi connectivity index (χ0v) is 12.3. The Labute approximate surface area is 133 Å². The van der Waals surface area contributed by atoms with Crippen LogP contribution in [-0.4, -0.2) is 40.7 Å². The minimum Gasteiger partial charge on any atom is -0.494 e. The molecule has 8 nitrogen and oxygen atoms in total. The lowest BCUT2D eigenvalue weighted by molar-refractivity contribution is -0.385. The molecule has 0 aromatic heterocycles. The monoisotopic (exact) mass is 350 g/mol. The third-order valence-electron chi connectivity index (χ3n) is 2.76. The number of hydrogen-bond acceptors (Lipinski definition) is 5. The van der Waals surface area contributed by atoms with E-state index >= 15 is 0 Å². The van der Waals surface area contributed by atoms with Crippen molar-refractivity contribution in [3.8, 4) is 5.75 Å². The fraction of sp³-hybridized carbons (Fsp3) is 0.385. The maximum atomic E-state index is 12.3. The van der Waals surface area contributed by atoms with Crippen LogP contribution in [0.4, 0.5) is 18.9 Å². The summed E-state index contributed by atoms with van der Waals surface area (Å²) in [5.41, 5.74) is -1.29. The predicted octanol–water partition coefficient (Wildman–Crippen LogP) is 2.13. The van der Waals surface area contributed by atoms with E-state index in [0.29, 0.717) is 0 Å². The topological polar surface area (TPSA) is 119 Å². The van der Waals surface area contributed by atoms with Crippen molar-refractivity contribution in [1.82, 2.24) is 5.32 Å². The first kappa shape index (κ1) is 19.2. The molecule has 0 saturated heterocycles. The van der Waals surface area contributed by atoms with Crippen LogP contribution in [0, 0.1) is 10.1 Å². The number of aliphatic carboxylic acids is 1. The molecule has 0 bridgehead atoms. The average molecular weight is 350 g/mol. The average Bonchev–Trinajstić information content (AvgIpc) is 2.45.